The van der Waals surface area contributed by atoms with Gasteiger partial charge in [0, 0.05) is 50.4 Å². The van der Waals surface area contributed by atoms with E-state index in [1.165, 1.54) is 4.90 Å². The molecule has 0 radical (unpaired) electrons. The number of carbonyl (C=O) groups excluding carboxylic acids is 2. The number of thiol groups is 1. The molecule has 0 aliphatic carbocycles. The van der Waals surface area contributed by atoms with Gasteiger partial charge in [-0.15, -0.1) is 0 Å². The van der Waals surface area contributed by atoms with E-state index < -0.39 is 16.5 Å². The van der Waals surface area contributed by atoms with Crippen molar-refractivity contribution < 1.29 is 14.3 Å². The molecule has 2 aliphatic rings. The lowest BCUT2D eigenvalue weighted by molar-refractivity contribution is -0.155. The molecule has 5 rings (SSSR count). The predicted molar refractivity (Wildman–Crippen MR) is 144 cm³/mol. The average molecular weight is 489 g/mol. The topological polar surface area (TPSA) is 88.8 Å². The molecule has 0 amide bonds. The van der Waals surface area contributed by atoms with E-state index in [9.17, 15) is 9.59 Å². The van der Waals surface area contributed by atoms with Crippen LogP contribution in [0.4, 0.5) is 0 Å². The number of carbonyl (C=O) groups is 2. The molecule has 180 valence electrons. The summed E-state index contributed by atoms with van der Waals surface area (Å²) in [6.45, 7) is 12.5. The lowest BCUT2D eigenvalue weighted by atomic mass is 9.97. The highest BCUT2D eigenvalue weighted by Crippen LogP contribution is 2.63. The number of hydrogen-bond donors (Lipinski definition) is 2. The Morgan fingerprint density at radius 3 is 2.66 bits per heavy atom. The summed E-state index contributed by atoms with van der Waals surface area (Å²) in [5.74, 6) is 0.186. The number of aromatic amines is 1. The molecule has 2 aliphatic heterocycles. The van der Waals surface area contributed by atoms with Crippen LogP contribution in [0.3, 0.4) is 0 Å². The van der Waals surface area contributed by atoms with Crippen LogP contribution < -0.4 is 0 Å². The van der Waals surface area contributed by atoms with Crippen LogP contribution in [0.2, 0.25) is 0 Å². The first kappa shape index (κ1) is 23.1. The van der Waals surface area contributed by atoms with Gasteiger partial charge in [-0.3, -0.25) is 9.59 Å². The Labute approximate surface area is 206 Å². The van der Waals surface area contributed by atoms with Gasteiger partial charge >= 0.3 is 5.97 Å². The number of aromatic nitrogens is 2. The van der Waals surface area contributed by atoms with Crippen molar-refractivity contribution in [1.82, 2.24) is 9.55 Å². The van der Waals surface area contributed by atoms with Gasteiger partial charge in [-0.2, -0.15) is 10.9 Å². The molecule has 0 fully saturated rings. The third-order valence-corrected chi connectivity index (χ3v) is 8.35. The third-order valence-electron chi connectivity index (χ3n) is 6.06. The molecule has 0 bridgehead atoms. The Balaban J connectivity index is 1.73. The monoisotopic (exact) mass is 488 g/mol. The number of ketones is 1. The van der Waals surface area contributed by atoms with E-state index in [2.05, 4.69) is 45.3 Å². The molecule has 0 saturated carbocycles. The van der Waals surface area contributed by atoms with Gasteiger partial charge in [0.05, 0.1) is 5.69 Å². The number of nitrogens with zero attached hydrogens (tertiary/aromatic N) is 3. The standard InChI is InChI=1S/C27H28N4O3S/c1-15(32)21-13-31(14-25(33)34-27(3,4)5)23-10-17-19(9-18(21)23)24(12-29-16(2)28-6)35-8-7-22-26(35)20(17)11-30-22/h7-13,30,35H,6,14H2,1-5H3/b24-12-,29-16-. The van der Waals surface area contributed by atoms with E-state index in [0.717, 1.165) is 38.2 Å². The van der Waals surface area contributed by atoms with Crippen molar-refractivity contribution in [3.63, 3.8) is 0 Å². The SMILES string of the molecule is C=N/C(C)=N\C=C1\c2cc3c(C(C)=O)cn(CC(=O)OC(C)(C)C)c3cc2-c2c[nH]c3c2[SH]1C=C3. The average Bonchev–Trinajstić information content (AvgIpc) is 3.47. The molecule has 1 atom stereocenters. The minimum absolute atomic E-state index is 0.0243. The van der Waals surface area contributed by atoms with Gasteiger partial charge in [0.2, 0.25) is 0 Å². The summed E-state index contributed by atoms with van der Waals surface area (Å²) in [6, 6.07) is 4.14. The number of benzene rings is 1. The lowest BCUT2D eigenvalue weighted by Gasteiger charge is -2.28. The molecule has 1 N–H and O–H groups in total. The Morgan fingerprint density at radius 1 is 1.20 bits per heavy atom. The van der Waals surface area contributed by atoms with Gasteiger partial charge in [-0.1, -0.05) is 0 Å². The Bertz CT molecular complexity index is 1510. The van der Waals surface area contributed by atoms with E-state index in [1.807, 2.05) is 44.7 Å². The highest BCUT2D eigenvalue weighted by molar-refractivity contribution is 8.28. The number of H-pyrrole nitrogens is 1. The molecule has 1 aromatic carbocycles. The molecule has 4 heterocycles. The maximum Gasteiger partial charge on any atom is 0.326 e. The highest BCUT2D eigenvalue weighted by atomic mass is 32.2. The van der Waals surface area contributed by atoms with Crippen molar-refractivity contribution in [2.75, 3.05) is 0 Å². The molecular weight excluding hydrogens is 460 g/mol. The number of rotatable bonds is 4. The molecule has 1 unspecified atom stereocenters. The summed E-state index contributed by atoms with van der Waals surface area (Å²) in [4.78, 5) is 39.4. The number of esters is 1. The molecule has 0 spiro atoms. The van der Waals surface area contributed by atoms with Gasteiger partial charge in [0.15, 0.2) is 5.78 Å². The van der Waals surface area contributed by atoms with E-state index in [4.69, 9.17) is 4.74 Å². The number of fused-ring (bicyclic) bond motifs is 3. The van der Waals surface area contributed by atoms with Crippen LogP contribution in [0.1, 0.15) is 56.2 Å². The first-order chi connectivity index (χ1) is 16.6. The van der Waals surface area contributed by atoms with Gasteiger partial charge in [-0.05, 0) is 76.1 Å². The molecule has 2 aromatic heterocycles. The second-order valence-corrected chi connectivity index (χ2v) is 11.7. The second kappa shape index (κ2) is 8.23. The Hall–Kier alpha value is -3.65. The zero-order valence-corrected chi connectivity index (χ0v) is 21.4. The van der Waals surface area contributed by atoms with Crippen molar-refractivity contribution in [1.29, 1.82) is 0 Å². The van der Waals surface area contributed by atoms with Crippen LogP contribution in [0.25, 0.3) is 33.0 Å². The van der Waals surface area contributed by atoms with E-state index in [1.54, 1.807) is 13.1 Å². The van der Waals surface area contributed by atoms with Crippen LogP contribution in [-0.2, 0) is 16.1 Å². The second-order valence-electron chi connectivity index (χ2n) is 9.73. The quantitative estimate of drug-likeness (QED) is 0.156. The molecule has 8 heteroatoms. The number of ether oxygens (including phenoxy) is 1. The fourth-order valence-corrected chi connectivity index (χ4v) is 6.92. The molecule has 0 saturated heterocycles. The normalized spacial score (nSPS) is 18.6. The largest absolute Gasteiger partial charge is 0.459 e. The van der Waals surface area contributed by atoms with Gasteiger partial charge in [0.1, 0.15) is 18.0 Å². The van der Waals surface area contributed by atoms with Crippen molar-refractivity contribution in [2.24, 2.45) is 9.98 Å². The third kappa shape index (κ3) is 3.97. The van der Waals surface area contributed by atoms with Crippen LogP contribution in [0, 0.1) is 0 Å². The summed E-state index contributed by atoms with van der Waals surface area (Å²) in [6.07, 6.45) is 7.79. The highest BCUT2D eigenvalue weighted by Gasteiger charge is 2.32. The summed E-state index contributed by atoms with van der Waals surface area (Å²) in [5.41, 5.74) is 5.14. The fourth-order valence-electron chi connectivity index (χ4n) is 4.60. The van der Waals surface area contributed by atoms with Gasteiger partial charge in [0.25, 0.3) is 0 Å². The Kier molecular flexibility index (Phi) is 5.44. The first-order valence-electron chi connectivity index (χ1n) is 11.4. The van der Waals surface area contributed by atoms with E-state index in [-0.39, 0.29) is 18.3 Å². The fraction of sp³-hybridized carbons (Fsp3) is 0.259. The van der Waals surface area contributed by atoms with Crippen LogP contribution in [0.5, 0.6) is 0 Å². The van der Waals surface area contributed by atoms with Crippen molar-refractivity contribution in [3.05, 3.63) is 53.0 Å². The molecule has 35 heavy (non-hydrogen) atoms. The first-order valence-corrected chi connectivity index (χ1v) is 12.8. The summed E-state index contributed by atoms with van der Waals surface area (Å²) in [5, 5.41) is 3.04. The van der Waals surface area contributed by atoms with E-state index in [0.29, 0.717) is 11.4 Å². The summed E-state index contributed by atoms with van der Waals surface area (Å²) >= 11 is 0. The predicted octanol–water partition coefficient (Wildman–Crippen LogP) is 5.96. The smallest absolute Gasteiger partial charge is 0.326 e. The zero-order chi connectivity index (χ0) is 25.1. The van der Waals surface area contributed by atoms with Crippen LogP contribution in [0.15, 0.2) is 51.0 Å². The van der Waals surface area contributed by atoms with Crippen molar-refractivity contribution in [3.8, 4) is 11.1 Å². The Morgan fingerprint density at radius 2 is 1.97 bits per heavy atom. The van der Waals surface area contributed by atoms with Crippen molar-refractivity contribution in [2.45, 2.75) is 51.7 Å². The molecule has 7 nitrogen and oxygen atoms in total. The van der Waals surface area contributed by atoms with E-state index >= 15 is 0 Å². The number of hydrogen-bond acceptors (Lipinski definition) is 4. The van der Waals surface area contributed by atoms with Crippen LogP contribution >= 0.6 is 10.9 Å². The number of Topliss-reactive ketones (excluding diaryl/α,β-unsaturated/α-hetero) is 1. The maximum atomic E-state index is 12.6. The maximum absolute atomic E-state index is 12.6. The minimum atomic E-state index is -0.730. The van der Waals surface area contributed by atoms with Gasteiger partial charge in [-0.25, -0.2) is 9.98 Å². The minimum Gasteiger partial charge on any atom is -0.459 e. The zero-order valence-electron chi connectivity index (χ0n) is 20.5. The number of amidine groups is 1. The molecule has 3 aromatic rings. The van der Waals surface area contributed by atoms with Crippen LogP contribution in [-0.4, -0.2) is 39.5 Å². The number of aliphatic imine (C=N–C) groups is 2. The summed E-state index contributed by atoms with van der Waals surface area (Å²) in [7, 11) is -0.730. The number of nitrogens with one attached hydrogen (secondary N) is 1. The summed E-state index contributed by atoms with van der Waals surface area (Å²) < 4.78 is 7.36. The lowest BCUT2D eigenvalue weighted by Crippen LogP contribution is -2.26. The van der Waals surface area contributed by atoms with Gasteiger partial charge < -0.3 is 14.3 Å². The molecular formula is C27H28N4O3S. The van der Waals surface area contributed by atoms with Crippen molar-refractivity contribution >= 4 is 57.1 Å².